The highest BCUT2D eigenvalue weighted by Gasteiger charge is 2.03. The van der Waals surface area contributed by atoms with Crippen molar-refractivity contribution in [1.29, 1.82) is 0 Å². The number of hydrogen-bond donors (Lipinski definition) is 2. The number of hydrogen-bond acceptors (Lipinski definition) is 3. The molecule has 0 spiro atoms. The molecule has 0 unspecified atom stereocenters. The van der Waals surface area contributed by atoms with Crippen LogP contribution in [0.2, 0.25) is 0 Å². The quantitative estimate of drug-likeness (QED) is 0.659. The third-order valence-corrected chi connectivity index (χ3v) is 4.02. The van der Waals surface area contributed by atoms with Crippen LogP contribution in [0.1, 0.15) is 16.1 Å². The summed E-state index contributed by atoms with van der Waals surface area (Å²) in [6, 6.07) is 6.65. The molecule has 6 heteroatoms. The topological polar surface area (TPSA) is 49.3 Å². The number of thiazole rings is 1. The van der Waals surface area contributed by atoms with E-state index in [2.05, 4.69) is 20.6 Å². The average molecular weight is 306 g/mol. The van der Waals surface area contributed by atoms with Gasteiger partial charge in [0.15, 0.2) is 5.96 Å². The van der Waals surface area contributed by atoms with Crippen molar-refractivity contribution in [3.63, 3.8) is 0 Å². The smallest absolute Gasteiger partial charge is 0.191 e. The highest BCUT2D eigenvalue weighted by molar-refractivity contribution is 7.09. The van der Waals surface area contributed by atoms with E-state index in [0.717, 1.165) is 23.6 Å². The number of guanidine groups is 1. The molecule has 0 aliphatic carbocycles. The summed E-state index contributed by atoms with van der Waals surface area (Å²) in [6.45, 7) is 3.40. The number of benzene rings is 1. The van der Waals surface area contributed by atoms with E-state index < -0.39 is 0 Å². The Bertz CT molecular complexity index is 609. The van der Waals surface area contributed by atoms with Gasteiger partial charge in [0.25, 0.3) is 0 Å². The number of aryl methyl sites for hydroxylation is 1. The van der Waals surface area contributed by atoms with Crippen molar-refractivity contribution in [2.45, 2.75) is 19.9 Å². The van der Waals surface area contributed by atoms with Crippen LogP contribution in [0.15, 0.2) is 34.8 Å². The molecular weight excluding hydrogens is 287 g/mol. The van der Waals surface area contributed by atoms with Crippen molar-refractivity contribution in [1.82, 2.24) is 15.6 Å². The third kappa shape index (κ3) is 4.82. The second-order valence-corrected chi connectivity index (χ2v) is 5.53. The summed E-state index contributed by atoms with van der Waals surface area (Å²) in [6.07, 6.45) is 0.748. The van der Waals surface area contributed by atoms with Gasteiger partial charge in [-0.1, -0.05) is 12.1 Å². The summed E-state index contributed by atoms with van der Waals surface area (Å²) in [5.41, 5.74) is 3.85. The van der Waals surface area contributed by atoms with Crippen LogP contribution >= 0.6 is 11.3 Å². The van der Waals surface area contributed by atoms with Crippen LogP contribution < -0.4 is 10.6 Å². The van der Waals surface area contributed by atoms with Crippen molar-refractivity contribution < 1.29 is 4.39 Å². The van der Waals surface area contributed by atoms with Crippen LogP contribution in [0.5, 0.6) is 0 Å². The lowest BCUT2D eigenvalue weighted by Crippen LogP contribution is -2.37. The third-order valence-electron chi connectivity index (χ3n) is 3.08. The molecule has 4 nitrogen and oxygen atoms in total. The van der Waals surface area contributed by atoms with Crippen LogP contribution in [0, 0.1) is 12.7 Å². The molecule has 0 saturated heterocycles. The molecular formula is C15H19FN4S. The summed E-state index contributed by atoms with van der Waals surface area (Å²) < 4.78 is 13.1. The van der Waals surface area contributed by atoms with Crippen LogP contribution in [0.25, 0.3) is 0 Å². The van der Waals surface area contributed by atoms with Gasteiger partial charge in [-0.25, -0.2) is 9.37 Å². The van der Waals surface area contributed by atoms with Gasteiger partial charge in [0.1, 0.15) is 5.82 Å². The number of rotatable bonds is 5. The van der Waals surface area contributed by atoms with Crippen molar-refractivity contribution in [2.75, 3.05) is 13.6 Å². The minimum absolute atomic E-state index is 0.198. The van der Waals surface area contributed by atoms with Gasteiger partial charge in [-0.05, 0) is 31.0 Å². The van der Waals surface area contributed by atoms with E-state index >= 15 is 0 Å². The van der Waals surface area contributed by atoms with Gasteiger partial charge in [-0.2, -0.15) is 0 Å². The van der Waals surface area contributed by atoms with Crippen molar-refractivity contribution in [2.24, 2.45) is 4.99 Å². The van der Waals surface area contributed by atoms with Crippen LogP contribution in [0.4, 0.5) is 4.39 Å². The molecule has 2 N–H and O–H groups in total. The fraction of sp³-hybridized carbons (Fsp3) is 0.333. The summed E-state index contributed by atoms with van der Waals surface area (Å²) >= 11 is 1.63. The van der Waals surface area contributed by atoms with E-state index in [1.807, 2.05) is 18.5 Å². The SMILES string of the molecule is CN=C(NCCc1cccc(F)c1)NCc1scnc1C. The first-order chi connectivity index (χ1) is 10.2. The zero-order valence-electron chi connectivity index (χ0n) is 12.2. The van der Waals surface area contributed by atoms with E-state index in [1.54, 1.807) is 30.5 Å². The Balaban J connectivity index is 1.77. The van der Waals surface area contributed by atoms with Crippen LogP contribution in [-0.2, 0) is 13.0 Å². The molecule has 1 aromatic carbocycles. The second kappa shape index (κ2) is 7.73. The Labute approximate surface area is 128 Å². The van der Waals surface area contributed by atoms with E-state index in [-0.39, 0.29) is 5.82 Å². The molecule has 0 amide bonds. The summed E-state index contributed by atoms with van der Waals surface area (Å²) in [4.78, 5) is 9.58. The highest BCUT2D eigenvalue weighted by Crippen LogP contribution is 2.11. The molecule has 1 aromatic heterocycles. The lowest BCUT2D eigenvalue weighted by atomic mass is 10.1. The normalized spacial score (nSPS) is 11.5. The van der Waals surface area contributed by atoms with E-state index in [1.165, 1.54) is 10.9 Å². The fourth-order valence-corrected chi connectivity index (χ4v) is 2.62. The highest BCUT2D eigenvalue weighted by atomic mass is 32.1. The van der Waals surface area contributed by atoms with Crippen LogP contribution in [0.3, 0.4) is 0 Å². The molecule has 2 rings (SSSR count). The van der Waals surface area contributed by atoms with Crippen molar-refractivity contribution >= 4 is 17.3 Å². The largest absolute Gasteiger partial charge is 0.356 e. The Hall–Kier alpha value is -1.95. The second-order valence-electron chi connectivity index (χ2n) is 4.59. The number of aromatic nitrogens is 1. The average Bonchev–Trinajstić information content (AvgIpc) is 2.88. The molecule has 2 aromatic rings. The lowest BCUT2D eigenvalue weighted by molar-refractivity contribution is 0.625. The summed E-state index contributed by atoms with van der Waals surface area (Å²) in [7, 11) is 1.73. The first-order valence-corrected chi connectivity index (χ1v) is 7.65. The maximum absolute atomic E-state index is 13.1. The molecule has 21 heavy (non-hydrogen) atoms. The van der Waals surface area contributed by atoms with E-state index in [9.17, 15) is 4.39 Å². The van der Waals surface area contributed by atoms with Gasteiger partial charge in [0.2, 0.25) is 0 Å². The lowest BCUT2D eigenvalue weighted by Gasteiger charge is -2.11. The van der Waals surface area contributed by atoms with E-state index in [4.69, 9.17) is 0 Å². The van der Waals surface area contributed by atoms with Gasteiger partial charge in [0, 0.05) is 18.5 Å². The fourth-order valence-electron chi connectivity index (χ4n) is 1.90. The molecule has 0 fully saturated rings. The Morgan fingerprint density at radius 3 is 2.90 bits per heavy atom. The van der Waals surface area contributed by atoms with Crippen molar-refractivity contribution in [3.05, 3.63) is 51.7 Å². The van der Waals surface area contributed by atoms with Crippen molar-refractivity contribution in [3.8, 4) is 0 Å². The monoisotopic (exact) mass is 306 g/mol. The zero-order chi connectivity index (χ0) is 15.1. The molecule has 0 radical (unpaired) electrons. The molecule has 0 atom stereocenters. The minimum atomic E-state index is -0.198. The summed E-state index contributed by atoms with van der Waals surface area (Å²) in [5, 5.41) is 6.47. The maximum Gasteiger partial charge on any atom is 0.191 e. The number of aliphatic imine (C=N–C) groups is 1. The van der Waals surface area contributed by atoms with E-state index in [0.29, 0.717) is 13.1 Å². The van der Waals surface area contributed by atoms with Gasteiger partial charge in [-0.15, -0.1) is 11.3 Å². The molecule has 0 aliphatic heterocycles. The number of halogens is 1. The maximum atomic E-state index is 13.1. The standard InChI is InChI=1S/C15H19FN4S/c1-11-14(21-10-20-11)9-19-15(17-2)18-7-6-12-4-3-5-13(16)8-12/h3-5,8,10H,6-7,9H2,1-2H3,(H2,17,18,19). The predicted octanol–water partition coefficient (Wildman–Crippen LogP) is 2.50. The first kappa shape index (κ1) is 15.4. The Kier molecular flexibility index (Phi) is 5.68. The Morgan fingerprint density at radius 1 is 1.38 bits per heavy atom. The molecule has 112 valence electrons. The minimum Gasteiger partial charge on any atom is -0.356 e. The van der Waals surface area contributed by atoms with Gasteiger partial charge in [0.05, 0.1) is 17.7 Å². The molecule has 0 aliphatic rings. The molecule has 0 saturated carbocycles. The summed E-state index contributed by atoms with van der Waals surface area (Å²) in [5.74, 6) is 0.537. The molecule has 1 heterocycles. The van der Waals surface area contributed by atoms with Crippen LogP contribution in [-0.4, -0.2) is 24.5 Å². The van der Waals surface area contributed by atoms with Gasteiger partial charge >= 0.3 is 0 Å². The first-order valence-electron chi connectivity index (χ1n) is 6.77. The number of nitrogens with zero attached hydrogens (tertiary/aromatic N) is 2. The molecule has 0 bridgehead atoms. The van der Waals surface area contributed by atoms with Gasteiger partial charge in [-0.3, -0.25) is 4.99 Å². The van der Waals surface area contributed by atoms with Gasteiger partial charge < -0.3 is 10.6 Å². The number of nitrogens with one attached hydrogen (secondary N) is 2. The Morgan fingerprint density at radius 2 is 2.24 bits per heavy atom. The predicted molar refractivity (Wildman–Crippen MR) is 85.2 cm³/mol. The zero-order valence-corrected chi connectivity index (χ0v) is 13.0.